The summed E-state index contributed by atoms with van der Waals surface area (Å²) in [7, 11) is 0. The van der Waals surface area contributed by atoms with E-state index in [1.165, 1.54) is 6.08 Å². The standard InChI is InChI=1S/C15H13Br2N3O2/c1-9(2)20-15(21)11(8-19)5-10-6-12(16)14(13(17)7-10)22-4-3-18/h5-7,9H,4H2,1-2H3,(H,20,21)/b11-5-. The molecule has 0 atom stereocenters. The third-order valence-corrected chi connectivity index (χ3v) is 3.58. The lowest BCUT2D eigenvalue weighted by atomic mass is 10.1. The maximum absolute atomic E-state index is 11.9. The summed E-state index contributed by atoms with van der Waals surface area (Å²) >= 11 is 6.68. The van der Waals surface area contributed by atoms with E-state index in [1.807, 2.05) is 26.0 Å². The van der Waals surface area contributed by atoms with Crippen LogP contribution in [0.25, 0.3) is 6.08 Å². The number of amides is 1. The number of hydrogen-bond donors (Lipinski definition) is 1. The van der Waals surface area contributed by atoms with E-state index in [1.54, 1.807) is 12.1 Å². The largest absolute Gasteiger partial charge is 0.476 e. The first-order valence-electron chi connectivity index (χ1n) is 6.30. The summed E-state index contributed by atoms with van der Waals surface area (Å²) < 4.78 is 6.51. The number of carbonyl (C=O) groups is 1. The van der Waals surface area contributed by atoms with Crippen molar-refractivity contribution >= 4 is 43.8 Å². The van der Waals surface area contributed by atoms with Gasteiger partial charge in [0.1, 0.15) is 23.5 Å². The minimum absolute atomic E-state index is 0.0122. The highest BCUT2D eigenvalue weighted by atomic mass is 79.9. The Morgan fingerprint density at radius 2 is 1.95 bits per heavy atom. The fraction of sp³-hybridized carbons (Fsp3) is 0.267. The van der Waals surface area contributed by atoms with E-state index in [9.17, 15) is 4.79 Å². The van der Waals surface area contributed by atoms with Crippen LogP contribution in [0.15, 0.2) is 26.7 Å². The van der Waals surface area contributed by atoms with E-state index in [-0.39, 0.29) is 18.2 Å². The van der Waals surface area contributed by atoms with Gasteiger partial charge >= 0.3 is 0 Å². The van der Waals surface area contributed by atoms with E-state index in [0.717, 1.165) is 0 Å². The molecule has 0 aliphatic carbocycles. The van der Waals surface area contributed by atoms with Gasteiger partial charge in [0.15, 0.2) is 6.61 Å². The molecule has 22 heavy (non-hydrogen) atoms. The van der Waals surface area contributed by atoms with E-state index in [0.29, 0.717) is 20.3 Å². The van der Waals surface area contributed by atoms with Crippen LogP contribution in [0.2, 0.25) is 0 Å². The van der Waals surface area contributed by atoms with Gasteiger partial charge in [-0.1, -0.05) is 0 Å². The monoisotopic (exact) mass is 425 g/mol. The molecule has 0 unspecified atom stereocenters. The first-order chi connectivity index (χ1) is 10.4. The average molecular weight is 427 g/mol. The van der Waals surface area contributed by atoms with Crippen LogP contribution in [0.4, 0.5) is 0 Å². The normalized spacial score (nSPS) is 10.8. The third kappa shape index (κ3) is 5.18. The fourth-order valence-electron chi connectivity index (χ4n) is 1.56. The van der Waals surface area contributed by atoms with Crippen LogP contribution in [0.3, 0.4) is 0 Å². The Hall–Kier alpha value is -1.83. The Kier molecular flexibility index (Phi) is 7.10. The number of benzene rings is 1. The summed E-state index contributed by atoms with van der Waals surface area (Å²) in [6.07, 6.45) is 1.49. The number of ether oxygens (including phenoxy) is 1. The SMILES string of the molecule is CC(C)NC(=O)/C(C#N)=C\c1cc(Br)c(OCC#N)c(Br)c1. The van der Waals surface area contributed by atoms with Crippen molar-refractivity contribution in [3.63, 3.8) is 0 Å². The van der Waals surface area contributed by atoms with Gasteiger partial charge in [-0.3, -0.25) is 4.79 Å². The number of nitrogens with zero attached hydrogens (tertiary/aromatic N) is 2. The van der Waals surface area contributed by atoms with Gasteiger partial charge in [0.2, 0.25) is 0 Å². The molecule has 0 fully saturated rings. The molecule has 1 N–H and O–H groups in total. The van der Waals surface area contributed by atoms with Gasteiger partial charge in [0.25, 0.3) is 5.91 Å². The number of nitriles is 2. The third-order valence-electron chi connectivity index (χ3n) is 2.40. The van der Waals surface area contributed by atoms with Gasteiger partial charge in [-0.15, -0.1) is 0 Å². The molecule has 0 saturated heterocycles. The van der Waals surface area contributed by atoms with Gasteiger partial charge in [0.05, 0.1) is 8.95 Å². The smallest absolute Gasteiger partial charge is 0.262 e. The molecular formula is C15H13Br2N3O2. The van der Waals surface area contributed by atoms with Crippen molar-refractivity contribution in [3.8, 4) is 17.9 Å². The average Bonchev–Trinajstić information content (AvgIpc) is 2.43. The lowest BCUT2D eigenvalue weighted by molar-refractivity contribution is -0.117. The molecule has 7 heteroatoms. The van der Waals surface area contributed by atoms with Gasteiger partial charge < -0.3 is 10.1 Å². The molecule has 5 nitrogen and oxygen atoms in total. The molecular weight excluding hydrogens is 414 g/mol. The van der Waals surface area contributed by atoms with Crippen LogP contribution in [0, 0.1) is 22.7 Å². The van der Waals surface area contributed by atoms with E-state index in [4.69, 9.17) is 15.3 Å². The van der Waals surface area contributed by atoms with Crippen molar-refractivity contribution in [1.29, 1.82) is 10.5 Å². The molecule has 0 aliphatic rings. The topological polar surface area (TPSA) is 85.9 Å². The summed E-state index contributed by atoms with van der Waals surface area (Å²) in [6, 6.07) is 7.14. The van der Waals surface area contributed by atoms with Crippen molar-refractivity contribution in [3.05, 3.63) is 32.2 Å². The predicted octanol–water partition coefficient (Wildman–Crippen LogP) is 3.55. The summed E-state index contributed by atoms with van der Waals surface area (Å²) in [5.41, 5.74) is 0.664. The molecule has 1 rings (SSSR count). The first-order valence-corrected chi connectivity index (χ1v) is 7.89. The maximum atomic E-state index is 11.9. The quantitative estimate of drug-likeness (QED) is 0.576. The van der Waals surface area contributed by atoms with Crippen LogP contribution < -0.4 is 10.1 Å². The Morgan fingerprint density at radius 1 is 1.36 bits per heavy atom. The molecule has 0 bridgehead atoms. The Balaban J connectivity index is 3.12. The predicted molar refractivity (Wildman–Crippen MR) is 89.8 cm³/mol. The molecule has 114 valence electrons. The van der Waals surface area contributed by atoms with Crippen molar-refractivity contribution in [2.45, 2.75) is 19.9 Å². The molecule has 1 amide bonds. The lowest BCUT2D eigenvalue weighted by Crippen LogP contribution is -2.30. The minimum atomic E-state index is -0.422. The van der Waals surface area contributed by atoms with E-state index < -0.39 is 5.91 Å². The first kappa shape index (κ1) is 18.2. The lowest BCUT2D eigenvalue weighted by Gasteiger charge is -2.09. The van der Waals surface area contributed by atoms with Crippen LogP contribution in [-0.4, -0.2) is 18.6 Å². The van der Waals surface area contributed by atoms with Crippen LogP contribution >= 0.6 is 31.9 Å². The number of hydrogen-bond acceptors (Lipinski definition) is 4. The molecule has 0 spiro atoms. The minimum Gasteiger partial charge on any atom is -0.476 e. The van der Waals surface area contributed by atoms with Gasteiger partial charge in [-0.25, -0.2) is 0 Å². The molecule has 1 aromatic carbocycles. The Morgan fingerprint density at radius 3 is 2.41 bits per heavy atom. The molecule has 0 radical (unpaired) electrons. The van der Waals surface area contributed by atoms with Crippen LogP contribution in [-0.2, 0) is 4.79 Å². The summed E-state index contributed by atoms with van der Waals surface area (Å²) in [5, 5.41) is 20.3. The van der Waals surface area contributed by atoms with Crippen LogP contribution in [0.1, 0.15) is 19.4 Å². The van der Waals surface area contributed by atoms with E-state index in [2.05, 4.69) is 37.2 Å². The number of halogens is 2. The zero-order chi connectivity index (χ0) is 16.7. The highest BCUT2D eigenvalue weighted by molar-refractivity contribution is 9.11. The second-order valence-corrected chi connectivity index (χ2v) is 6.27. The maximum Gasteiger partial charge on any atom is 0.262 e. The highest BCUT2D eigenvalue weighted by Crippen LogP contribution is 2.35. The summed E-state index contributed by atoms with van der Waals surface area (Å²) in [5.74, 6) is 0.0680. The van der Waals surface area contributed by atoms with Gasteiger partial charge in [0, 0.05) is 6.04 Å². The highest BCUT2D eigenvalue weighted by Gasteiger charge is 2.12. The second-order valence-electron chi connectivity index (χ2n) is 4.56. The Labute approximate surface area is 145 Å². The second kappa shape index (κ2) is 8.57. The van der Waals surface area contributed by atoms with Gasteiger partial charge in [-0.05, 0) is 69.5 Å². The number of carbonyl (C=O) groups excluding carboxylic acids is 1. The molecule has 0 saturated carbocycles. The van der Waals surface area contributed by atoms with Crippen molar-refractivity contribution in [1.82, 2.24) is 5.32 Å². The summed E-state index contributed by atoms with van der Waals surface area (Å²) in [4.78, 5) is 11.9. The molecule has 1 aromatic rings. The van der Waals surface area contributed by atoms with E-state index >= 15 is 0 Å². The van der Waals surface area contributed by atoms with Crippen molar-refractivity contribution < 1.29 is 9.53 Å². The fourth-order valence-corrected chi connectivity index (χ4v) is 3.01. The summed E-state index contributed by atoms with van der Waals surface area (Å²) in [6.45, 7) is 3.56. The molecule has 0 aliphatic heterocycles. The molecule has 0 heterocycles. The van der Waals surface area contributed by atoms with Crippen molar-refractivity contribution in [2.24, 2.45) is 0 Å². The van der Waals surface area contributed by atoms with Gasteiger partial charge in [-0.2, -0.15) is 10.5 Å². The number of nitrogens with one attached hydrogen (secondary N) is 1. The number of rotatable bonds is 5. The zero-order valence-electron chi connectivity index (χ0n) is 12.0. The molecule has 0 aromatic heterocycles. The Bertz CT molecular complexity index is 662. The van der Waals surface area contributed by atoms with Crippen LogP contribution in [0.5, 0.6) is 5.75 Å². The zero-order valence-corrected chi connectivity index (χ0v) is 15.2. The van der Waals surface area contributed by atoms with Crippen molar-refractivity contribution in [2.75, 3.05) is 6.61 Å².